The van der Waals surface area contributed by atoms with Gasteiger partial charge in [0.05, 0.1) is 0 Å². The van der Waals surface area contributed by atoms with Gasteiger partial charge in [-0.3, -0.25) is 10.2 Å². The fourth-order valence-electron chi connectivity index (χ4n) is 1.59. The first-order valence-electron chi connectivity index (χ1n) is 5.43. The lowest BCUT2D eigenvalue weighted by atomic mass is 10.1. The van der Waals surface area contributed by atoms with Crippen molar-refractivity contribution < 1.29 is 4.79 Å². The number of carbonyl (C=O) groups excluding carboxylic acids is 1. The van der Waals surface area contributed by atoms with Gasteiger partial charge in [0.2, 0.25) is 5.62 Å². The van der Waals surface area contributed by atoms with Gasteiger partial charge in [-0.25, -0.2) is 4.68 Å². The normalized spacial score (nSPS) is 10.6. The Morgan fingerprint density at radius 2 is 2.00 bits per heavy atom. The van der Waals surface area contributed by atoms with E-state index in [0.29, 0.717) is 11.4 Å². The second-order valence-corrected chi connectivity index (χ2v) is 4.93. The number of hydrogen-bond acceptors (Lipinski definition) is 3. The van der Waals surface area contributed by atoms with Crippen LogP contribution < -0.4 is 5.62 Å². The summed E-state index contributed by atoms with van der Waals surface area (Å²) in [6.45, 7) is 1.89. The first kappa shape index (κ1) is 12.8. The van der Waals surface area contributed by atoms with Gasteiger partial charge in [-0.2, -0.15) is 5.10 Å². The molecule has 0 amide bonds. The van der Waals surface area contributed by atoms with Crippen LogP contribution in [0.4, 0.5) is 0 Å². The molecule has 5 nitrogen and oxygen atoms in total. The SMILES string of the molecule is Cc1nn(CC(=O)c2ccc(Br)cc2)c(=N)n1C. The maximum atomic E-state index is 12.0. The maximum absolute atomic E-state index is 12.0. The number of aryl methyl sites for hydroxylation is 1. The number of halogens is 1. The van der Waals surface area contributed by atoms with Gasteiger partial charge in [0, 0.05) is 17.1 Å². The van der Waals surface area contributed by atoms with E-state index in [1.165, 1.54) is 4.68 Å². The second kappa shape index (κ2) is 4.89. The molecule has 1 aromatic heterocycles. The minimum atomic E-state index is -0.0564. The Morgan fingerprint density at radius 3 is 2.50 bits per heavy atom. The molecule has 2 aromatic rings. The van der Waals surface area contributed by atoms with Gasteiger partial charge in [0.25, 0.3) is 0 Å². The lowest BCUT2D eigenvalue weighted by molar-refractivity contribution is 0.0965. The summed E-state index contributed by atoms with van der Waals surface area (Å²) in [7, 11) is 1.76. The molecule has 2 rings (SSSR count). The Bertz CT molecular complexity index is 639. The highest BCUT2D eigenvalue weighted by Gasteiger charge is 2.10. The third-order valence-corrected chi connectivity index (χ3v) is 3.30. The lowest BCUT2D eigenvalue weighted by Crippen LogP contribution is -2.26. The third kappa shape index (κ3) is 2.43. The Balaban J connectivity index is 2.24. The number of ketones is 1. The highest BCUT2D eigenvalue weighted by Crippen LogP contribution is 2.11. The summed E-state index contributed by atoms with van der Waals surface area (Å²) in [6.07, 6.45) is 0. The van der Waals surface area contributed by atoms with E-state index in [1.807, 2.05) is 12.1 Å². The zero-order valence-corrected chi connectivity index (χ0v) is 11.7. The highest BCUT2D eigenvalue weighted by molar-refractivity contribution is 9.10. The molecular formula is C12H13BrN4O. The van der Waals surface area contributed by atoms with Crippen molar-refractivity contribution >= 4 is 21.7 Å². The Hall–Kier alpha value is -1.69. The van der Waals surface area contributed by atoms with E-state index in [9.17, 15) is 4.79 Å². The average molecular weight is 309 g/mol. The molecule has 0 aliphatic carbocycles. The van der Waals surface area contributed by atoms with Crippen molar-refractivity contribution in [3.8, 4) is 0 Å². The van der Waals surface area contributed by atoms with E-state index in [0.717, 1.165) is 4.47 Å². The number of aromatic nitrogens is 3. The van der Waals surface area contributed by atoms with Crippen molar-refractivity contribution in [2.24, 2.45) is 7.05 Å². The van der Waals surface area contributed by atoms with Crippen LogP contribution in [0.5, 0.6) is 0 Å². The lowest BCUT2D eigenvalue weighted by Gasteiger charge is -2.01. The number of Topliss-reactive ketones (excluding diaryl/α,β-unsaturated/α-hetero) is 1. The van der Waals surface area contributed by atoms with E-state index in [1.54, 1.807) is 30.7 Å². The molecule has 0 radical (unpaired) electrons. The van der Waals surface area contributed by atoms with Crippen LogP contribution in [0.1, 0.15) is 16.2 Å². The van der Waals surface area contributed by atoms with Crippen LogP contribution >= 0.6 is 15.9 Å². The first-order valence-corrected chi connectivity index (χ1v) is 6.22. The van der Waals surface area contributed by atoms with Crippen molar-refractivity contribution in [3.05, 3.63) is 45.7 Å². The average Bonchev–Trinajstić information content (AvgIpc) is 2.58. The van der Waals surface area contributed by atoms with Crippen molar-refractivity contribution in [3.63, 3.8) is 0 Å². The van der Waals surface area contributed by atoms with Crippen LogP contribution in [-0.2, 0) is 13.6 Å². The summed E-state index contributed by atoms with van der Waals surface area (Å²) in [5.74, 6) is 0.655. The van der Waals surface area contributed by atoms with E-state index in [2.05, 4.69) is 21.0 Å². The fourth-order valence-corrected chi connectivity index (χ4v) is 1.85. The van der Waals surface area contributed by atoms with Crippen LogP contribution in [0.3, 0.4) is 0 Å². The number of hydrogen-bond donors (Lipinski definition) is 1. The second-order valence-electron chi connectivity index (χ2n) is 4.02. The Kier molecular flexibility index (Phi) is 3.47. The smallest absolute Gasteiger partial charge is 0.220 e. The molecule has 0 saturated carbocycles. The molecule has 0 fully saturated rings. The largest absolute Gasteiger partial charge is 0.301 e. The number of benzene rings is 1. The molecule has 6 heteroatoms. The van der Waals surface area contributed by atoms with Gasteiger partial charge in [-0.05, 0) is 19.1 Å². The topological polar surface area (TPSA) is 63.7 Å². The molecular weight excluding hydrogens is 296 g/mol. The molecule has 0 aliphatic rings. The van der Waals surface area contributed by atoms with E-state index >= 15 is 0 Å². The molecule has 0 bridgehead atoms. The molecule has 0 unspecified atom stereocenters. The molecule has 0 saturated heterocycles. The zero-order valence-electron chi connectivity index (χ0n) is 10.1. The number of rotatable bonds is 3. The van der Waals surface area contributed by atoms with Crippen molar-refractivity contribution in [2.45, 2.75) is 13.5 Å². The van der Waals surface area contributed by atoms with Crippen molar-refractivity contribution in [1.82, 2.24) is 14.3 Å². The molecule has 1 N–H and O–H groups in total. The summed E-state index contributed by atoms with van der Waals surface area (Å²) in [6, 6.07) is 7.16. The summed E-state index contributed by atoms with van der Waals surface area (Å²) in [5.41, 5.74) is 0.839. The molecule has 0 spiro atoms. The van der Waals surface area contributed by atoms with Crippen LogP contribution in [0, 0.1) is 12.3 Å². The van der Waals surface area contributed by atoms with Crippen LogP contribution in [0.15, 0.2) is 28.7 Å². The molecule has 0 atom stereocenters. The first-order chi connectivity index (χ1) is 8.49. The van der Waals surface area contributed by atoms with E-state index in [-0.39, 0.29) is 17.9 Å². The van der Waals surface area contributed by atoms with Crippen LogP contribution in [0.2, 0.25) is 0 Å². The van der Waals surface area contributed by atoms with Gasteiger partial charge in [0.15, 0.2) is 5.78 Å². The quantitative estimate of drug-likeness (QED) is 0.876. The monoisotopic (exact) mass is 308 g/mol. The maximum Gasteiger partial charge on any atom is 0.220 e. The Labute approximate surface area is 113 Å². The van der Waals surface area contributed by atoms with Crippen molar-refractivity contribution in [2.75, 3.05) is 0 Å². The van der Waals surface area contributed by atoms with Crippen molar-refractivity contribution in [1.29, 1.82) is 5.41 Å². The van der Waals surface area contributed by atoms with Gasteiger partial charge < -0.3 is 4.57 Å². The van der Waals surface area contributed by atoms with Gasteiger partial charge in [-0.1, -0.05) is 28.1 Å². The molecule has 94 valence electrons. The van der Waals surface area contributed by atoms with Gasteiger partial charge in [0.1, 0.15) is 12.4 Å². The highest BCUT2D eigenvalue weighted by atomic mass is 79.9. The predicted octanol–water partition coefficient (Wildman–Crippen LogP) is 1.65. The van der Waals surface area contributed by atoms with E-state index < -0.39 is 0 Å². The molecule has 1 heterocycles. The summed E-state index contributed by atoms with van der Waals surface area (Å²) in [4.78, 5) is 12.0. The number of nitrogens with zero attached hydrogens (tertiary/aromatic N) is 3. The van der Waals surface area contributed by atoms with E-state index in [4.69, 9.17) is 5.41 Å². The van der Waals surface area contributed by atoms with Crippen LogP contribution in [-0.4, -0.2) is 20.1 Å². The standard InChI is InChI=1S/C12H13BrN4O/c1-8-15-17(12(14)16(8)2)7-11(18)9-3-5-10(13)6-4-9/h3-6,14H,7H2,1-2H3. The summed E-state index contributed by atoms with van der Waals surface area (Å²) < 4.78 is 3.97. The predicted molar refractivity (Wildman–Crippen MR) is 70.3 cm³/mol. The molecule has 18 heavy (non-hydrogen) atoms. The Morgan fingerprint density at radius 1 is 1.39 bits per heavy atom. The summed E-state index contributed by atoms with van der Waals surface area (Å²) in [5, 5.41) is 12.0. The fraction of sp³-hybridized carbons (Fsp3) is 0.250. The molecule has 0 aliphatic heterocycles. The molecule has 1 aromatic carbocycles. The minimum absolute atomic E-state index is 0.0564. The van der Waals surface area contributed by atoms with Crippen LogP contribution in [0.25, 0.3) is 0 Å². The van der Waals surface area contributed by atoms with Gasteiger partial charge >= 0.3 is 0 Å². The number of nitrogens with one attached hydrogen (secondary N) is 1. The zero-order chi connectivity index (χ0) is 13.3. The third-order valence-electron chi connectivity index (χ3n) is 2.77. The van der Waals surface area contributed by atoms with Gasteiger partial charge in [-0.15, -0.1) is 0 Å². The number of carbonyl (C=O) groups is 1. The minimum Gasteiger partial charge on any atom is -0.301 e. The summed E-state index contributed by atoms with van der Waals surface area (Å²) >= 11 is 3.32.